The fourth-order valence-electron chi connectivity index (χ4n) is 2.45. The van der Waals surface area contributed by atoms with Gasteiger partial charge in [-0.3, -0.25) is 9.36 Å². The van der Waals surface area contributed by atoms with Crippen LogP contribution < -0.4 is 10.3 Å². The van der Waals surface area contributed by atoms with Gasteiger partial charge in [0.1, 0.15) is 23.2 Å². The Morgan fingerprint density at radius 3 is 2.68 bits per heavy atom. The summed E-state index contributed by atoms with van der Waals surface area (Å²) in [5.74, 6) is -0.0994. The van der Waals surface area contributed by atoms with E-state index in [1.165, 1.54) is 23.0 Å². The molecular weight excluding hydrogens is 387 g/mol. The Morgan fingerprint density at radius 2 is 1.92 bits per heavy atom. The summed E-state index contributed by atoms with van der Waals surface area (Å²) in [6.07, 6.45) is 1.41. The highest BCUT2D eigenvalue weighted by molar-refractivity contribution is 9.10. The zero-order chi connectivity index (χ0) is 17.8. The van der Waals surface area contributed by atoms with E-state index in [0.29, 0.717) is 12.2 Å². The van der Waals surface area contributed by atoms with Gasteiger partial charge in [0, 0.05) is 0 Å². The van der Waals surface area contributed by atoms with Gasteiger partial charge in [-0.15, -0.1) is 0 Å². The van der Waals surface area contributed by atoms with Crippen molar-refractivity contribution in [3.05, 3.63) is 92.2 Å². The van der Waals surface area contributed by atoms with Crippen molar-refractivity contribution in [2.45, 2.75) is 20.1 Å². The summed E-state index contributed by atoms with van der Waals surface area (Å²) in [4.78, 5) is 16.6. The first-order valence-electron chi connectivity index (χ1n) is 7.70. The van der Waals surface area contributed by atoms with E-state index in [-0.39, 0.29) is 28.3 Å². The molecule has 0 unspecified atom stereocenters. The molecule has 6 heteroatoms. The van der Waals surface area contributed by atoms with Gasteiger partial charge in [-0.1, -0.05) is 42.0 Å². The Labute approximate surface area is 153 Å². The van der Waals surface area contributed by atoms with Crippen LogP contribution in [0.3, 0.4) is 0 Å². The lowest BCUT2D eigenvalue weighted by atomic mass is 10.1. The second-order valence-corrected chi connectivity index (χ2v) is 6.50. The smallest absolute Gasteiger partial charge is 0.271 e. The molecule has 0 fully saturated rings. The van der Waals surface area contributed by atoms with Crippen molar-refractivity contribution in [3.63, 3.8) is 0 Å². The third-order valence-electron chi connectivity index (χ3n) is 3.65. The number of hydrogen-bond acceptors (Lipinski definition) is 3. The molecule has 0 radical (unpaired) electrons. The van der Waals surface area contributed by atoms with Crippen LogP contribution in [-0.2, 0) is 13.2 Å². The van der Waals surface area contributed by atoms with E-state index in [4.69, 9.17) is 4.74 Å². The van der Waals surface area contributed by atoms with Crippen LogP contribution in [0.2, 0.25) is 0 Å². The molecule has 1 aromatic heterocycles. The summed E-state index contributed by atoms with van der Waals surface area (Å²) in [6.45, 7) is 2.56. The molecule has 0 spiro atoms. The molecule has 0 aliphatic rings. The van der Waals surface area contributed by atoms with E-state index in [1.807, 2.05) is 31.2 Å². The summed E-state index contributed by atoms with van der Waals surface area (Å²) in [6, 6.07) is 14.0. The van der Waals surface area contributed by atoms with Crippen molar-refractivity contribution in [1.82, 2.24) is 9.55 Å². The minimum atomic E-state index is -0.337. The minimum absolute atomic E-state index is 0.236. The van der Waals surface area contributed by atoms with Crippen molar-refractivity contribution in [1.29, 1.82) is 0 Å². The van der Waals surface area contributed by atoms with Gasteiger partial charge in [0.2, 0.25) is 5.88 Å². The van der Waals surface area contributed by atoms with Crippen LogP contribution in [0.4, 0.5) is 4.39 Å². The highest BCUT2D eigenvalue weighted by Crippen LogP contribution is 2.19. The summed E-state index contributed by atoms with van der Waals surface area (Å²) < 4.78 is 20.6. The normalized spacial score (nSPS) is 10.7. The molecule has 0 aliphatic carbocycles. The molecule has 0 amide bonds. The second-order valence-electron chi connectivity index (χ2n) is 5.70. The number of halogens is 2. The molecule has 3 aromatic rings. The maximum absolute atomic E-state index is 13.3. The first kappa shape index (κ1) is 17.4. The molecule has 0 saturated carbocycles. The van der Waals surface area contributed by atoms with Gasteiger partial charge >= 0.3 is 0 Å². The van der Waals surface area contributed by atoms with Crippen molar-refractivity contribution < 1.29 is 9.13 Å². The Morgan fingerprint density at radius 1 is 1.16 bits per heavy atom. The van der Waals surface area contributed by atoms with Crippen LogP contribution in [0.1, 0.15) is 16.7 Å². The monoisotopic (exact) mass is 402 g/mol. The van der Waals surface area contributed by atoms with Crippen LogP contribution in [0.5, 0.6) is 5.88 Å². The van der Waals surface area contributed by atoms with Crippen molar-refractivity contribution in [2.24, 2.45) is 0 Å². The highest BCUT2D eigenvalue weighted by atomic mass is 79.9. The quantitative estimate of drug-likeness (QED) is 0.645. The van der Waals surface area contributed by atoms with Crippen LogP contribution in [0.15, 0.2) is 64.1 Å². The number of ether oxygens (including phenoxy) is 1. The first-order chi connectivity index (χ1) is 12.0. The number of aromatic nitrogens is 2. The molecular formula is C19H16BrFN2O2. The Balaban J connectivity index is 1.77. The standard InChI is InChI=1S/C19H16BrFN2O2/c1-13-4-2-6-15(8-13)11-25-18-17(20)19(24)23(12-22-18)10-14-5-3-7-16(21)9-14/h2-9,12H,10-11H2,1H3. The number of hydrogen-bond donors (Lipinski definition) is 0. The lowest BCUT2D eigenvalue weighted by Gasteiger charge is -2.10. The van der Waals surface area contributed by atoms with Gasteiger partial charge in [-0.05, 0) is 46.1 Å². The summed E-state index contributed by atoms with van der Waals surface area (Å²) >= 11 is 3.25. The minimum Gasteiger partial charge on any atom is -0.472 e. The molecule has 25 heavy (non-hydrogen) atoms. The number of aryl methyl sites for hydroxylation is 1. The Hall–Kier alpha value is -2.47. The average molecular weight is 403 g/mol. The van der Waals surface area contributed by atoms with Gasteiger partial charge < -0.3 is 4.74 Å². The predicted octanol–water partition coefficient (Wildman–Crippen LogP) is 4.08. The van der Waals surface area contributed by atoms with Gasteiger partial charge in [0.05, 0.1) is 6.54 Å². The third kappa shape index (κ3) is 4.33. The summed E-state index contributed by atoms with van der Waals surface area (Å²) in [5.41, 5.74) is 2.54. The third-order valence-corrected chi connectivity index (χ3v) is 4.33. The largest absolute Gasteiger partial charge is 0.472 e. The average Bonchev–Trinajstić information content (AvgIpc) is 2.58. The Kier molecular flexibility index (Phi) is 5.28. The van der Waals surface area contributed by atoms with Crippen molar-refractivity contribution in [3.8, 4) is 5.88 Å². The molecule has 0 atom stereocenters. The summed E-state index contributed by atoms with van der Waals surface area (Å²) in [7, 11) is 0. The summed E-state index contributed by atoms with van der Waals surface area (Å²) in [5, 5.41) is 0. The topological polar surface area (TPSA) is 44.1 Å². The van der Waals surface area contributed by atoms with Crippen LogP contribution in [0.25, 0.3) is 0 Å². The van der Waals surface area contributed by atoms with Crippen LogP contribution >= 0.6 is 15.9 Å². The molecule has 0 aliphatic heterocycles. The van der Waals surface area contributed by atoms with Gasteiger partial charge in [-0.25, -0.2) is 9.37 Å². The molecule has 0 bridgehead atoms. The fraction of sp³-hybridized carbons (Fsp3) is 0.158. The lowest BCUT2D eigenvalue weighted by Crippen LogP contribution is -2.22. The number of benzene rings is 2. The van der Waals surface area contributed by atoms with E-state index < -0.39 is 0 Å². The van der Waals surface area contributed by atoms with E-state index >= 15 is 0 Å². The first-order valence-corrected chi connectivity index (χ1v) is 8.50. The Bertz CT molecular complexity index is 956. The van der Waals surface area contributed by atoms with E-state index in [9.17, 15) is 9.18 Å². The fourth-order valence-corrected chi connectivity index (χ4v) is 2.89. The zero-order valence-corrected chi connectivity index (χ0v) is 15.2. The zero-order valence-electron chi connectivity index (χ0n) is 13.6. The maximum Gasteiger partial charge on any atom is 0.271 e. The molecule has 128 valence electrons. The maximum atomic E-state index is 13.3. The number of rotatable bonds is 5. The van der Waals surface area contributed by atoms with E-state index in [1.54, 1.807) is 12.1 Å². The van der Waals surface area contributed by atoms with Crippen LogP contribution in [0, 0.1) is 12.7 Å². The molecule has 3 rings (SSSR count). The highest BCUT2D eigenvalue weighted by Gasteiger charge is 2.11. The molecule has 0 saturated heterocycles. The van der Waals surface area contributed by atoms with Gasteiger partial charge in [-0.2, -0.15) is 0 Å². The van der Waals surface area contributed by atoms with Gasteiger partial charge in [0.15, 0.2) is 0 Å². The van der Waals surface area contributed by atoms with E-state index in [0.717, 1.165) is 11.1 Å². The number of nitrogens with zero attached hydrogens (tertiary/aromatic N) is 2. The molecule has 0 N–H and O–H groups in total. The second kappa shape index (κ2) is 7.61. The molecule has 1 heterocycles. The van der Waals surface area contributed by atoms with Crippen molar-refractivity contribution >= 4 is 15.9 Å². The molecule has 4 nitrogen and oxygen atoms in total. The predicted molar refractivity (Wildman–Crippen MR) is 97.2 cm³/mol. The van der Waals surface area contributed by atoms with E-state index in [2.05, 4.69) is 20.9 Å². The molecule has 2 aromatic carbocycles. The SMILES string of the molecule is Cc1cccc(COc2ncn(Cc3cccc(F)c3)c(=O)c2Br)c1. The van der Waals surface area contributed by atoms with Gasteiger partial charge in [0.25, 0.3) is 5.56 Å². The lowest BCUT2D eigenvalue weighted by molar-refractivity contribution is 0.289. The van der Waals surface area contributed by atoms with Crippen LogP contribution in [-0.4, -0.2) is 9.55 Å². The van der Waals surface area contributed by atoms with Crippen molar-refractivity contribution in [2.75, 3.05) is 0 Å².